The van der Waals surface area contributed by atoms with Gasteiger partial charge < -0.3 is 10.7 Å². The van der Waals surface area contributed by atoms with Crippen molar-refractivity contribution in [1.82, 2.24) is 20.8 Å². The molecule has 0 bridgehead atoms. The minimum atomic E-state index is -0.458. The van der Waals surface area contributed by atoms with Crippen LogP contribution in [0.15, 0.2) is 55.1 Å². The van der Waals surface area contributed by atoms with Crippen LogP contribution in [0.25, 0.3) is 0 Å². The van der Waals surface area contributed by atoms with Crippen LogP contribution in [0, 0.1) is 0 Å². The van der Waals surface area contributed by atoms with Crippen molar-refractivity contribution in [3.8, 4) is 0 Å². The van der Waals surface area contributed by atoms with Crippen molar-refractivity contribution in [3.05, 3.63) is 66.4 Å². The quantitative estimate of drug-likeness (QED) is 0.634. The zero-order valence-electron chi connectivity index (χ0n) is 15.0. The summed E-state index contributed by atoms with van der Waals surface area (Å²) < 4.78 is 0. The minimum Gasteiger partial charge on any atom is -0.326 e. The summed E-state index contributed by atoms with van der Waals surface area (Å²) >= 11 is 0. The Morgan fingerprint density at radius 3 is 2.50 bits per heavy atom. The number of carbonyl (C=O) groups is 2. The Morgan fingerprint density at radius 1 is 1.15 bits per heavy atom. The molecule has 0 saturated carbocycles. The van der Waals surface area contributed by atoms with Gasteiger partial charge in [0.2, 0.25) is 5.91 Å². The Bertz CT molecular complexity index is 759. The first kappa shape index (κ1) is 19.1. The molecule has 1 atom stereocenters. The van der Waals surface area contributed by atoms with Crippen molar-refractivity contribution in [2.24, 2.45) is 0 Å². The number of rotatable bonds is 8. The number of hydrogen-bond donors (Lipinski definition) is 3. The Labute approximate surface area is 152 Å². The lowest BCUT2D eigenvalue weighted by Crippen LogP contribution is -2.37. The van der Waals surface area contributed by atoms with Crippen LogP contribution < -0.4 is 16.2 Å². The summed E-state index contributed by atoms with van der Waals surface area (Å²) in [5.74, 6) is -0.200. The molecule has 0 aliphatic carbocycles. The van der Waals surface area contributed by atoms with Gasteiger partial charge in [0, 0.05) is 23.8 Å². The molecule has 1 heterocycles. The van der Waals surface area contributed by atoms with Crippen molar-refractivity contribution in [3.63, 3.8) is 0 Å². The van der Waals surface area contributed by atoms with Crippen LogP contribution in [0.3, 0.4) is 0 Å². The third-order valence-electron chi connectivity index (χ3n) is 3.90. The summed E-state index contributed by atoms with van der Waals surface area (Å²) in [6, 6.07) is 7.78. The first-order valence-electron chi connectivity index (χ1n) is 8.39. The third kappa shape index (κ3) is 5.70. The van der Waals surface area contributed by atoms with E-state index in [1.807, 2.05) is 24.3 Å². The summed E-state index contributed by atoms with van der Waals surface area (Å²) in [6.07, 6.45) is 5.33. The van der Waals surface area contributed by atoms with Crippen LogP contribution in [0.5, 0.6) is 0 Å². The number of aromatic nitrogens is 2. The number of nitrogens with zero attached hydrogens (tertiary/aromatic N) is 2. The maximum Gasteiger partial charge on any atom is 0.289 e. The maximum absolute atomic E-state index is 12.1. The van der Waals surface area contributed by atoms with Crippen LogP contribution in [0.2, 0.25) is 0 Å². The Hall–Kier alpha value is -3.22. The van der Waals surface area contributed by atoms with Crippen LogP contribution in [-0.4, -0.2) is 21.8 Å². The molecule has 0 fully saturated rings. The first-order chi connectivity index (χ1) is 12.5. The number of hydrazine groups is 1. The standard InChI is InChI=1S/C19H23N5O2/c1-4-13(2)15-5-7-16(8-6-15)22-18(25)11-14(3)23-24-19(26)17-12-20-9-10-21-17/h5-10,12-13,23H,3-4,11H2,1-2H3,(H,22,25)(H,24,26)/t13-/m1/s1. The molecule has 26 heavy (non-hydrogen) atoms. The lowest BCUT2D eigenvalue weighted by atomic mass is 9.99. The maximum atomic E-state index is 12.1. The highest BCUT2D eigenvalue weighted by Gasteiger charge is 2.09. The number of amides is 2. The van der Waals surface area contributed by atoms with Gasteiger partial charge >= 0.3 is 0 Å². The van der Waals surface area contributed by atoms with Crippen molar-refractivity contribution >= 4 is 17.5 Å². The van der Waals surface area contributed by atoms with Crippen molar-refractivity contribution in [1.29, 1.82) is 0 Å². The molecule has 2 amide bonds. The largest absolute Gasteiger partial charge is 0.326 e. The summed E-state index contributed by atoms with van der Waals surface area (Å²) in [6.45, 7) is 8.03. The van der Waals surface area contributed by atoms with Gasteiger partial charge in [-0.25, -0.2) is 4.98 Å². The molecule has 2 rings (SSSR count). The molecule has 0 spiro atoms. The highest BCUT2D eigenvalue weighted by molar-refractivity contribution is 5.93. The number of nitrogens with one attached hydrogen (secondary N) is 3. The topological polar surface area (TPSA) is 96.0 Å². The van der Waals surface area contributed by atoms with E-state index in [9.17, 15) is 9.59 Å². The van der Waals surface area contributed by atoms with E-state index in [-0.39, 0.29) is 18.0 Å². The second-order valence-corrected chi connectivity index (χ2v) is 5.93. The Morgan fingerprint density at radius 2 is 1.88 bits per heavy atom. The Kier molecular flexibility index (Phi) is 6.84. The number of carbonyl (C=O) groups excluding carboxylic acids is 2. The van der Waals surface area contributed by atoms with E-state index >= 15 is 0 Å². The minimum absolute atomic E-state index is 0.0217. The van der Waals surface area contributed by atoms with Crippen LogP contribution in [0.4, 0.5) is 5.69 Å². The van der Waals surface area contributed by atoms with Gasteiger partial charge in [-0.3, -0.25) is 20.0 Å². The second kappa shape index (κ2) is 9.31. The fraction of sp³-hybridized carbons (Fsp3) is 0.263. The predicted octanol–water partition coefficient (Wildman–Crippen LogP) is 2.77. The summed E-state index contributed by atoms with van der Waals surface area (Å²) in [4.78, 5) is 31.6. The lowest BCUT2D eigenvalue weighted by molar-refractivity contribution is -0.115. The van der Waals surface area contributed by atoms with Crippen molar-refractivity contribution in [2.75, 3.05) is 5.32 Å². The van der Waals surface area contributed by atoms with E-state index in [0.29, 0.717) is 11.6 Å². The fourth-order valence-corrected chi connectivity index (χ4v) is 2.20. The molecule has 0 saturated heterocycles. The zero-order valence-corrected chi connectivity index (χ0v) is 15.0. The molecular formula is C19H23N5O2. The van der Waals surface area contributed by atoms with Gasteiger partial charge in [-0.2, -0.15) is 0 Å². The molecule has 0 unspecified atom stereocenters. The molecule has 3 N–H and O–H groups in total. The molecule has 2 aromatic rings. The lowest BCUT2D eigenvalue weighted by Gasteiger charge is -2.12. The van der Waals surface area contributed by atoms with Crippen LogP contribution in [0.1, 0.15) is 48.7 Å². The van der Waals surface area contributed by atoms with Gasteiger partial charge in [0.05, 0.1) is 12.6 Å². The fourth-order valence-electron chi connectivity index (χ4n) is 2.20. The average Bonchev–Trinajstić information content (AvgIpc) is 2.66. The van der Waals surface area contributed by atoms with Crippen LogP contribution in [-0.2, 0) is 4.79 Å². The van der Waals surface area contributed by atoms with E-state index in [1.165, 1.54) is 24.2 Å². The number of hydrogen-bond acceptors (Lipinski definition) is 5. The molecule has 1 aromatic heterocycles. The van der Waals surface area contributed by atoms with E-state index in [0.717, 1.165) is 12.1 Å². The van der Waals surface area contributed by atoms with Gasteiger partial charge in [0.1, 0.15) is 5.69 Å². The smallest absolute Gasteiger partial charge is 0.289 e. The summed E-state index contributed by atoms with van der Waals surface area (Å²) in [5, 5.41) is 2.80. The average molecular weight is 353 g/mol. The number of anilines is 1. The molecule has 0 aliphatic rings. The van der Waals surface area contributed by atoms with E-state index < -0.39 is 5.91 Å². The van der Waals surface area contributed by atoms with Crippen molar-refractivity contribution in [2.45, 2.75) is 32.6 Å². The Balaban J connectivity index is 1.78. The zero-order chi connectivity index (χ0) is 18.9. The monoisotopic (exact) mass is 353 g/mol. The van der Waals surface area contributed by atoms with Gasteiger partial charge in [0.15, 0.2) is 0 Å². The van der Waals surface area contributed by atoms with Crippen LogP contribution >= 0.6 is 0 Å². The normalized spacial score (nSPS) is 11.3. The van der Waals surface area contributed by atoms with E-state index in [4.69, 9.17) is 0 Å². The van der Waals surface area contributed by atoms with E-state index in [2.05, 4.69) is 46.6 Å². The summed E-state index contributed by atoms with van der Waals surface area (Å²) in [7, 11) is 0. The predicted molar refractivity (Wildman–Crippen MR) is 100 cm³/mol. The van der Waals surface area contributed by atoms with Gasteiger partial charge in [-0.05, 0) is 30.0 Å². The van der Waals surface area contributed by atoms with Gasteiger partial charge in [-0.1, -0.05) is 32.6 Å². The third-order valence-corrected chi connectivity index (χ3v) is 3.90. The van der Waals surface area contributed by atoms with Gasteiger partial charge in [0.25, 0.3) is 5.91 Å². The molecule has 7 nitrogen and oxygen atoms in total. The molecule has 1 aromatic carbocycles. The number of benzene rings is 1. The highest BCUT2D eigenvalue weighted by Crippen LogP contribution is 2.20. The second-order valence-electron chi connectivity index (χ2n) is 5.93. The summed E-state index contributed by atoms with van der Waals surface area (Å²) in [5.41, 5.74) is 7.51. The highest BCUT2D eigenvalue weighted by atomic mass is 16.2. The molecule has 136 valence electrons. The SMILES string of the molecule is C=C(CC(=O)Nc1ccc([C@H](C)CC)cc1)NNC(=O)c1cnccn1. The van der Waals surface area contributed by atoms with Gasteiger partial charge in [-0.15, -0.1) is 0 Å². The van der Waals surface area contributed by atoms with Crippen molar-refractivity contribution < 1.29 is 9.59 Å². The first-order valence-corrected chi connectivity index (χ1v) is 8.39. The molecular weight excluding hydrogens is 330 g/mol. The molecule has 0 radical (unpaired) electrons. The van der Waals surface area contributed by atoms with E-state index in [1.54, 1.807) is 0 Å². The molecule has 7 heteroatoms. The molecule has 0 aliphatic heterocycles.